The molecule has 7 aromatic carbocycles. The summed E-state index contributed by atoms with van der Waals surface area (Å²) in [6.45, 7) is 5.79. The maximum absolute atomic E-state index is 15.6. The van der Waals surface area contributed by atoms with Crippen molar-refractivity contribution in [1.82, 2.24) is 19.9 Å². The number of aliphatic hydroxyl groups is 2. The van der Waals surface area contributed by atoms with Crippen LogP contribution in [0.1, 0.15) is 62.4 Å². The number of ether oxygens (including phenoxy) is 4. The van der Waals surface area contributed by atoms with Gasteiger partial charge in [-0.1, -0.05) is 103 Å². The summed E-state index contributed by atoms with van der Waals surface area (Å²) >= 11 is 0. The van der Waals surface area contributed by atoms with E-state index in [2.05, 4.69) is 29.4 Å². The number of H-pyrrole nitrogens is 2. The van der Waals surface area contributed by atoms with Crippen LogP contribution in [0.2, 0.25) is 0 Å². The van der Waals surface area contributed by atoms with Crippen LogP contribution in [0.25, 0.3) is 44.3 Å². The maximum atomic E-state index is 15.6. The highest BCUT2D eigenvalue weighted by Crippen LogP contribution is 2.34. The number of pyridine rings is 2. The lowest BCUT2D eigenvalue weighted by Crippen LogP contribution is -2.25. The minimum Gasteiger partial charge on any atom is -0.491 e. The van der Waals surface area contributed by atoms with Crippen LogP contribution in [-0.4, -0.2) is 121 Å². The number of sulfonamides is 2. The summed E-state index contributed by atoms with van der Waals surface area (Å²) < 4.78 is 168. The first kappa shape index (κ1) is 73.0. The van der Waals surface area contributed by atoms with Crippen molar-refractivity contribution in [3.05, 3.63) is 257 Å². The number of carbonyl (C=O) groups excluding carboxylic acids is 2. The van der Waals surface area contributed by atoms with Crippen molar-refractivity contribution >= 4 is 75.2 Å². The smallest absolute Gasteiger partial charge is 0.294 e. The first-order valence-corrected chi connectivity index (χ1v) is 34.6. The molecule has 12 rings (SSSR count). The molecule has 9 N–H and O–H groups in total. The van der Waals surface area contributed by atoms with E-state index in [-0.39, 0.29) is 34.2 Å². The number of rotatable bonds is 22. The molecule has 0 aliphatic carbocycles. The molecule has 4 aromatic heterocycles. The molecule has 0 saturated carbocycles. The lowest BCUT2D eigenvalue weighted by molar-refractivity contribution is -0.141. The van der Waals surface area contributed by atoms with Crippen molar-refractivity contribution in [2.24, 2.45) is 0 Å². The minimum absolute atomic E-state index is 0. The van der Waals surface area contributed by atoms with E-state index in [9.17, 15) is 48.7 Å². The van der Waals surface area contributed by atoms with Crippen LogP contribution >= 0.6 is 0 Å². The normalized spacial score (nSPS) is 13.8. The Hall–Kier alpha value is -10.2. The number of aliphatic hydroxyl groups excluding tert-OH is 2. The maximum Gasteiger partial charge on any atom is 0.294 e. The lowest BCUT2D eigenvalue weighted by atomic mass is 10.00. The number of aromatic nitrogens is 4. The van der Waals surface area contributed by atoms with E-state index in [1.165, 1.54) is 24.5 Å². The number of nitrogens with one attached hydrogen (secondary N) is 4. The SMILES string of the molecule is CC1(C)OCC(COc2ccc(-c3cnc4[nH]cc(C(=O)c5c(F)ccc(NS(=O)(=O)Cc6ccccc6)c5F)c4c3)cc2)O1.Cc1ccc(S(=O)(=O)O)cc1.O.O=C(c1c(F)ccc(NS(=O)(=O)Cc2ccccc2)c1F)c1c[nH]c2ncc(-c3ccc(OCC(O)CO)cc3)cc12. The molecule has 22 nitrogen and oxygen atoms in total. The van der Waals surface area contributed by atoms with Gasteiger partial charge < -0.3 is 44.6 Å². The zero-order valence-electron chi connectivity index (χ0n) is 52.7. The number of hydrogen-bond donors (Lipinski definition) is 7. The van der Waals surface area contributed by atoms with Crippen LogP contribution in [0.5, 0.6) is 11.5 Å². The molecule has 5 heterocycles. The van der Waals surface area contributed by atoms with Gasteiger partial charge in [-0.05, 0) is 116 Å². The van der Waals surface area contributed by atoms with Gasteiger partial charge in [0, 0.05) is 57.8 Å². The molecule has 0 radical (unpaired) electrons. The van der Waals surface area contributed by atoms with Crippen molar-refractivity contribution in [3.63, 3.8) is 0 Å². The minimum atomic E-state index is -4.08. The number of benzene rings is 7. The van der Waals surface area contributed by atoms with E-state index in [1.807, 2.05) is 32.9 Å². The summed E-state index contributed by atoms with van der Waals surface area (Å²) in [5.41, 5.74) is 2.30. The number of halogens is 4. The highest BCUT2D eigenvalue weighted by Gasteiger charge is 2.33. The summed E-state index contributed by atoms with van der Waals surface area (Å²) in [6, 6.07) is 43.4. The number of anilines is 2. The number of ketones is 2. The first-order valence-electron chi connectivity index (χ1n) is 29.8. The second-order valence-corrected chi connectivity index (χ2v) is 27.7. The summed E-state index contributed by atoms with van der Waals surface area (Å²) in [5.74, 6) is -7.31. The summed E-state index contributed by atoms with van der Waals surface area (Å²) in [4.78, 5) is 41.3. The Morgan fingerprint density at radius 2 is 1.05 bits per heavy atom. The van der Waals surface area contributed by atoms with Crippen LogP contribution in [0, 0.1) is 30.2 Å². The molecule has 0 spiro atoms. The Morgan fingerprint density at radius 3 is 1.45 bits per heavy atom. The van der Waals surface area contributed by atoms with Crippen LogP contribution in [0.4, 0.5) is 28.9 Å². The van der Waals surface area contributed by atoms with Crippen molar-refractivity contribution in [2.45, 2.75) is 55.2 Å². The monoisotopic (exact) mass is 1420 g/mol. The Morgan fingerprint density at radius 1 is 0.616 bits per heavy atom. The average molecular weight is 1420 g/mol. The van der Waals surface area contributed by atoms with Gasteiger partial charge in [-0.2, -0.15) is 8.42 Å². The fourth-order valence-corrected chi connectivity index (χ4v) is 13.0. The molecular weight excluding hydrogens is 1350 g/mol. The Labute approximate surface area is 565 Å². The van der Waals surface area contributed by atoms with Gasteiger partial charge >= 0.3 is 0 Å². The zero-order chi connectivity index (χ0) is 70.1. The molecule has 1 saturated heterocycles. The summed E-state index contributed by atoms with van der Waals surface area (Å²) in [7, 11) is -12.2. The quantitative estimate of drug-likeness (QED) is 0.0188. The van der Waals surface area contributed by atoms with Crippen LogP contribution in [0.3, 0.4) is 0 Å². The van der Waals surface area contributed by atoms with E-state index in [0.717, 1.165) is 35.4 Å². The standard InChI is InChI=1S/C33H29F2N3O6S.C30H25F2N3O6S.C7H8O3S.H2O/c1-33(2)43-18-24(44-33)17-42-23-10-8-21(9-11-23)22-14-25-26(16-37-32(25)36-15-22)31(39)29-27(34)12-13-28(30(29)35)38-45(40,41)19-20-6-4-3-5-7-20;31-25-10-11-26(35-42(39,40)17-18-4-2-1-3-5-18)28(32)27(25)29(38)24-14-34-30-23(24)12-20(13-33-30)19-6-8-22(9-7-19)41-16-21(37)15-36;1-6-2-4-7(5-3-6)11(8,9)10;/h3-16,24,38H,17-19H2,1-2H3,(H,36,37);1-14,21,35-37H,15-17H2,(H,33,34);2-5H,1H3,(H,8,9,10);1H2. The van der Waals surface area contributed by atoms with Crippen LogP contribution in [-0.2, 0) is 51.1 Å². The number of aromatic amines is 2. The van der Waals surface area contributed by atoms with Crippen molar-refractivity contribution in [1.29, 1.82) is 0 Å². The molecule has 11 aromatic rings. The van der Waals surface area contributed by atoms with Gasteiger partial charge in [0.05, 0.1) is 52.1 Å². The Balaban J connectivity index is 0.000000199. The van der Waals surface area contributed by atoms with E-state index >= 15 is 8.78 Å². The molecule has 1 aliphatic heterocycles. The third kappa shape index (κ3) is 18.5. The van der Waals surface area contributed by atoms with E-state index < -0.39 is 118 Å². The first-order chi connectivity index (χ1) is 46.6. The molecule has 2 unspecified atom stereocenters. The predicted molar refractivity (Wildman–Crippen MR) is 362 cm³/mol. The molecule has 0 bridgehead atoms. The van der Waals surface area contributed by atoms with Gasteiger partial charge in [-0.15, -0.1) is 0 Å². The van der Waals surface area contributed by atoms with Crippen molar-refractivity contribution in [2.75, 3.05) is 35.9 Å². The average Bonchev–Trinajstić information content (AvgIpc) is 1.77. The van der Waals surface area contributed by atoms with Crippen LogP contribution in [0.15, 0.2) is 200 Å². The second-order valence-electron chi connectivity index (χ2n) is 22.8. The molecule has 29 heteroatoms. The fourth-order valence-electron chi connectivity index (χ4n) is 10.1. The molecule has 2 atom stereocenters. The summed E-state index contributed by atoms with van der Waals surface area (Å²) in [5, 5.41) is 19.0. The number of carbonyl (C=O) groups is 2. The third-order valence-electron chi connectivity index (χ3n) is 15.0. The number of hydrogen-bond acceptors (Lipinski definition) is 16. The van der Waals surface area contributed by atoms with Gasteiger partial charge in [-0.3, -0.25) is 23.6 Å². The van der Waals surface area contributed by atoms with Gasteiger partial charge in [0.15, 0.2) is 17.4 Å². The van der Waals surface area contributed by atoms with Gasteiger partial charge in [0.1, 0.15) is 59.8 Å². The summed E-state index contributed by atoms with van der Waals surface area (Å²) in [6.07, 6.45) is 4.59. The van der Waals surface area contributed by atoms with Crippen molar-refractivity contribution < 1.29 is 91.6 Å². The lowest BCUT2D eigenvalue weighted by Gasteiger charge is -2.17. The predicted octanol–water partition coefficient (Wildman–Crippen LogP) is 11.0. The molecule has 1 aliphatic rings. The van der Waals surface area contributed by atoms with E-state index in [0.29, 0.717) is 74.6 Å². The van der Waals surface area contributed by atoms with Gasteiger partial charge in [0.25, 0.3) is 10.1 Å². The molecule has 1 fully saturated rings. The zero-order valence-corrected chi connectivity index (χ0v) is 55.2. The second kappa shape index (κ2) is 31.1. The van der Waals surface area contributed by atoms with Crippen molar-refractivity contribution in [3.8, 4) is 33.8 Å². The van der Waals surface area contributed by atoms with Gasteiger partial charge in [0.2, 0.25) is 31.6 Å². The molecular formula is C70H64F4N6O16S3. The third-order valence-corrected chi connectivity index (χ3v) is 18.3. The number of aryl methyl sites for hydroxylation is 1. The number of fused-ring (bicyclic) bond motifs is 2. The highest BCUT2D eigenvalue weighted by atomic mass is 32.2. The largest absolute Gasteiger partial charge is 0.491 e. The highest BCUT2D eigenvalue weighted by molar-refractivity contribution is 7.92. The van der Waals surface area contributed by atoms with Crippen LogP contribution < -0.4 is 18.9 Å². The number of nitrogens with zero attached hydrogens (tertiary/aromatic N) is 2. The van der Waals surface area contributed by atoms with Gasteiger partial charge in [-0.25, -0.2) is 44.4 Å². The fraction of sp³-hybridized carbons (Fsp3) is 0.171. The topological polar surface area (TPSA) is 347 Å². The molecule has 516 valence electrons. The Kier molecular flexibility index (Phi) is 23.0. The van der Waals surface area contributed by atoms with E-state index in [1.54, 1.807) is 134 Å². The van der Waals surface area contributed by atoms with E-state index in [4.69, 9.17) is 28.6 Å². The molecule has 99 heavy (non-hydrogen) atoms. The Bertz CT molecular complexity index is 5060. The molecule has 0 amide bonds.